The highest BCUT2D eigenvalue weighted by Gasteiger charge is 2.44. The fourth-order valence-electron chi connectivity index (χ4n) is 5.56. The van der Waals surface area contributed by atoms with Crippen LogP contribution in [0, 0.1) is 5.41 Å². The fourth-order valence-corrected chi connectivity index (χ4v) is 5.56. The number of carboxylic acids is 1. The molecule has 7 heteroatoms. The number of amides is 2. The Bertz CT molecular complexity index is 1070. The molecular weight excluding hydrogens is 444 g/mol. The van der Waals surface area contributed by atoms with Crippen molar-refractivity contribution in [1.29, 1.82) is 0 Å². The number of nitrogens with zero attached hydrogens (tertiary/aromatic N) is 1. The van der Waals surface area contributed by atoms with Crippen molar-refractivity contribution >= 4 is 18.0 Å². The Morgan fingerprint density at radius 2 is 1.69 bits per heavy atom. The number of fused-ring (bicyclic) bond motifs is 3. The summed E-state index contributed by atoms with van der Waals surface area (Å²) in [6.45, 7) is 6.28. The average Bonchev–Trinajstić information content (AvgIpc) is 3.15. The van der Waals surface area contributed by atoms with Crippen molar-refractivity contribution in [2.24, 2.45) is 5.41 Å². The van der Waals surface area contributed by atoms with Crippen LogP contribution in [0.4, 0.5) is 4.79 Å². The number of carboxylic acid groups (broad SMARTS) is 1. The predicted molar refractivity (Wildman–Crippen MR) is 133 cm³/mol. The van der Waals surface area contributed by atoms with Crippen molar-refractivity contribution in [2.45, 2.75) is 64.5 Å². The molecule has 2 N–H and O–H groups in total. The van der Waals surface area contributed by atoms with Gasteiger partial charge in [-0.25, -0.2) is 9.59 Å². The Kier molecular flexibility index (Phi) is 7.15. The lowest BCUT2D eigenvalue weighted by molar-refractivity contribution is -0.159. The summed E-state index contributed by atoms with van der Waals surface area (Å²) in [5, 5.41) is 12.6. The molecule has 1 unspecified atom stereocenters. The molecule has 0 spiro atoms. The van der Waals surface area contributed by atoms with E-state index in [0.29, 0.717) is 13.0 Å². The van der Waals surface area contributed by atoms with Crippen LogP contribution in [0.15, 0.2) is 48.5 Å². The third-order valence-corrected chi connectivity index (χ3v) is 7.41. The molecule has 0 radical (unpaired) electrons. The molecule has 2 aliphatic rings. The van der Waals surface area contributed by atoms with Crippen molar-refractivity contribution in [3.05, 3.63) is 59.7 Å². The van der Waals surface area contributed by atoms with Gasteiger partial charge >= 0.3 is 12.1 Å². The zero-order valence-electron chi connectivity index (χ0n) is 20.6. The van der Waals surface area contributed by atoms with Gasteiger partial charge in [0.1, 0.15) is 12.6 Å². The van der Waals surface area contributed by atoms with Gasteiger partial charge < -0.3 is 20.1 Å². The number of rotatable bonds is 7. The zero-order chi connectivity index (χ0) is 25.2. The summed E-state index contributed by atoms with van der Waals surface area (Å²) < 4.78 is 5.62. The van der Waals surface area contributed by atoms with Gasteiger partial charge in [0.25, 0.3) is 0 Å². The molecule has 1 heterocycles. The molecular formula is C28H34N2O5. The summed E-state index contributed by atoms with van der Waals surface area (Å²) in [6, 6.07) is 15.0. The smallest absolute Gasteiger partial charge is 0.407 e. The van der Waals surface area contributed by atoms with Crippen LogP contribution in [0.3, 0.4) is 0 Å². The van der Waals surface area contributed by atoms with Gasteiger partial charge in [0, 0.05) is 24.9 Å². The standard InChI is InChI=1S/C28H34N2O5/c1-4-18(16-24(31)30-15-9-14-28(2,3)25(30)26(32)33)29-27(34)35-17-23-21-12-7-5-10-19(21)20-11-6-8-13-22(20)23/h5-8,10-13,18,23,25H,4,9,14-17H2,1-3H3,(H,29,34)(H,32,33)/t18-,25?/m1/s1. The van der Waals surface area contributed by atoms with Crippen LogP contribution in [-0.4, -0.2) is 53.2 Å². The number of hydrogen-bond donors (Lipinski definition) is 2. The van der Waals surface area contributed by atoms with E-state index in [-0.39, 0.29) is 24.9 Å². The number of ether oxygens (including phenoxy) is 1. The van der Waals surface area contributed by atoms with Crippen molar-refractivity contribution < 1.29 is 24.2 Å². The summed E-state index contributed by atoms with van der Waals surface area (Å²) >= 11 is 0. The van der Waals surface area contributed by atoms with Crippen molar-refractivity contribution in [3.8, 4) is 11.1 Å². The van der Waals surface area contributed by atoms with Crippen LogP contribution in [0.2, 0.25) is 0 Å². The Morgan fingerprint density at radius 1 is 1.09 bits per heavy atom. The van der Waals surface area contributed by atoms with E-state index in [1.165, 1.54) is 4.90 Å². The molecule has 2 atom stereocenters. The monoisotopic (exact) mass is 478 g/mol. The second-order valence-electron chi connectivity index (χ2n) is 10.2. The third-order valence-electron chi connectivity index (χ3n) is 7.41. The van der Waals surface area contributed by atoms with Gasteiger partial charge in [0.05, 0.1) is 0 Å². The van der Waals surface area contributed by atoms with Crippen molar-refractivity contribution in [3.63, 3.8) is 0 Å². The molecule has 0 aromatic heterocycles. The molecule has 0 saturated carbocycles. The van der Waals surface area contributed by atoms with Gasteiger partial charge in [-0.3, -0.25) is 4.79 Å². The molecule has 7 nitrogen and oxygen atoms in total. The Morgan fingerprint density at radius 3 is 2.26 bits per heavy atom. The fraction of sp³-hybridized carbons (Fsp3) is 0.464. The normalized spacial score (nSPS) is 19.4. The summed E-state index contributed by atoms with van der Waals surface area (Å²) in [5.74, 6) is -1.28. The van der Waals surface area contributed by atoms with Gasteiger partial charge in [-0.2, -0.15) is 0 Å². The number of carbonyl (C=O) groups excluding carboxylic acids is 2. The highest BCUT2D eigenvalue weighted by Crippen LogP contribution is 2.44. The lowest BCUT2D eigenvalue weighted by Gasteiger charge is -2.44. The Hall–Kier alpha value is -3.35. The van der Waals surface area contributed by atoms with E-state index in [0.717, 1.165) is 35.1 Å². The maximum atomic E-state index is 13.1. The van der Waals surface area contributed by atoms with Gasteiger partial charge in [0.15, 0.2) is 0 Å². The minimum atomic E-state index is -0.986. The number of hydrogen-bond acceptors (Lipinski definition) is 4. The van der Waals surface area contributed by atoms with E-state index >= 15 is 0 Å². The maximum absolute atomic E-state index is 13.1. The van der Waals surface area contributed by atoms with Gasteiger partial charge in [-0.05, 0) is 46.9 Å². The number of benzene rings is 2. The van der Waals surface area contributed by atoms with Crippen LogP contribution < -0.4 is 5.32 Å². The number of piperidine rings is 1. The first-order valence-electron chi connectivity index (χ1n) is 12.4. The lowest BCUT2D eigenvalue weighted by atomic mass is 9.76. The molecule has 1 fully saturated rings. The largest absolute Gasteiger partial charge is 0.480 e. The van der Waals surface area contributed by atoms with Gasteiger partial charge in [-0.1, -0.05) is 69.3 Å². The van der Waals surface area contributed by atoms with E-state index in [9.17, 15) is 19.5 Å². The topological polar surface area (TPSA) is 95.9 Å². The highest BCUT2D eigenvalue weighted by atomic mass is 16.5. The summed E-state index contributed by atoms with van der Waals surface area (Å²) in [6.07, 6.45) is 1.52. The van der Waals surface area contributed by atoms with Gasteiger partial charge in [-0.15, -0.1) is 0 Å². The van der Waals surface area contributed by atoms with E-state index in [1.807, 2.05) is 45.0 Å². The quantitative estimate of drug-likeness (QED) is 0.596. The summed E-state index contributed by atoms with van der Waals surface area (Å²) in [7, 11) is 0. The Labute approximate surface area is 206 Å². The molecule has 0 bridgehead atoms. The molecule has 4 rings (SSSR count). The van der Waals surface area contributed by atoms with E-state index in [4.69, 9.17) is 4.74 Å². The first kappa shape index (κ1) is 24.8. The molecule has 1 aliphatic heterocycles. The number of carbonyl (C=O) groups is 3. The molecule has 2 amide bonds. The number of likely N-dealkylation sites (tertiary alicyclic amines) is 1. The Balaban J connectivity index is 1.37. The second-order valence-corrected chi connectivity index (χ2v) is 10.2. The first-order chi connectivity index (χ1) is 16.7. The second kappa shape index (κ2) is 10.1. The molecule has 1 aliphatic carbocycles. The predicted octanol–water partition coefficient (Wildman–Crippen LogP) is 4.80. The van der Waals surface area contributed by atoms with Crippen LogP contribution in [0.1, 0.15) is 63.5 Å². The number of aliphatic carboxylic acids is 1. The molecule has 2 aromatic rings. The van der Waals surface area contributed by atoms with Crippen LogP contribution in [-0.2, 0) is 14.3 Å². The van der Waals surface area contributed by atoms with Gasteiger partial charge in [0.2, 0.25) is 5.91 Å². The minimum absolute atomic E-state index is 0.0400. The SMILES string of the molecule is CC[C@H](CC(=O)N1CCCC(C)(C)C1C(=O)O)NC(=O)OCC1c2ccccc2-c2ccccc21. The summed E-state index contributed by atoms with van der Waals surface area (Å²) in [4.78, 5) is 39.1. The average molecular weight is 479 g/mol. The third kappa shape index (κ3) is 5.04. The zero-order valence-corrected chi connectivity index (χ0v) is 20.6. The van der Waals surface area contributed by atoms with E-state index < -0.39 is 29.6 Å². The van der Waals surface area contributed by atoms with E-state index in [1.54, 1.807) is 0 Å². The van der Waals surface area contributed by atoms with Crippen molar-refractivity contribution in [1.82, 2.24) is 10.2 Å². The number of nitrogens with one attached hydrogen (secondary N) is 1. The van der Waals surface area contributed by atoms with Crippen LogP contribution in [0.5, 0.6) is 0 Å². The first-order valence-corrected chi connectivity index (χ1v) is 12.4. The molecule has 186 valence electrons. The molecule has 1 saturated heterocycles. The number of alkyl carbamates (subject to hydrolysis) is 1. The maximum Gasteiger partial charge on any atom is 0.407 e. The van der Waals surface area contributed by atoms with Crippen LogP contribution in [0.25, 0.3) is 11.1 Å². The molecule has 35 heavy (non-hydrogen) atoms. The summed E-state index contributed by atoms with van der Waals surface area (Å²) in [5.41, 5.74) is 4.09. The lowest BCUT2D eigenvalue weighted by Crippen LogP contribution is -2.57. The minimum Gasteiger partial charge on any atom is -0.480 e. The molecule has 2 aromatic carbocycles. The van der Waals surface area contributed by atoms with E-state index in [2.05, 4.69) is 29.6 Å². The van der Waals surface area contributed by atoms with Crippen molar-refractivity contribution in [2.75, 3.05) is 13.2 Å². The van der Waals surface area contributed by atoms with Crippen LogP contribution >= 0.6 is 0 Å². The highest BCUT2D eigenvalue weighted by molar-refractivity contribution is 5.85.